The Hall–Kier alpha value is -1.38. The molecule has 2 rings (SSSR count). The van der Waals surface area contributed by atoms with Gasteiger partial charge in [-0.2, -0.15) is 0 Å². The summed E-state index contributed by atoms with van der Waals surface area (Å²) in [5.74, 6) is 5.40. The van der Waals surface area contributed by atoms with Crippen LogP contribution in [-0.2, 0) is 0 Å². The van der Waals surface area contributed by atoms with E-state index in [2.05, 4.69) is 35.8 Å². The second kappa shape index (κ2) is 3.78. The second-order valence-corrected chi connectivity index (χ2v) is 3.49. The molecule has 0 spiro atoms. The lowest BCUT2D eigenvalue weighted by Crippen LogP contribution is -2.25. The minimum Gasteiger partial charge on any atom is -0.271 e. The Morgan fingerprint density at radius 1 is 1.07 bits per heavy atom. The molecule has 0 saturated heterocycles. The first-order valence-corrected chi connectivity index (χ1v) is 4.76. The van der Waals surface area contributed by atoms with E-state index in [1.165, 1.54) is 16.3 Å². The van der Waals surface area contributed by atoms with Gasteiger partial charge in [0, 0.05) is 6.04 Å². The summed E-state index contributed by atoms with van der Waals surface area (Å²) < 4.78 is 0. The van der Waals surface area contributed by atoms with Gasteiger partial charge in [-0.3, -0.25) is 11.3 Å². The van der Waals surface area contributed by atoms with Gasteiger partial charge in [0.2, 0.25) is 0 Å². The van der Waals surface area contributed by atoms with Crippen LogP contribution in [0.4, 0.5) is 0 Å². The maximum absolute atomic E-state index is 5.40. The summed E-state index contributed by atoms with van der Waals surface area (Å²) in [7, 11) is 0. The first kappa shape index (κ1) is 9.19. The molecule has 0 saturated carbocycles. The van der Waals surface area contributed by atoms with Crippen LogP contribution in [0.15, 0.2) is 42.5 Å². The summed E-state index contributed by atoms with van der Waals surface area (Å²) in [5.41, 5.74) is 3.96. The molecule has 72 valence electrons. The monoisotopic (exact) mass is 186 g/mol. The van der Waals surface area contributed by atoms with Crippen LogP contribution < -0.4 is 11.3 Å². The molecular weight excluding hydrogens is 172 g/mol. The lowest BCUT2D eigenvalue weighted by atomic mass is 10.0. The highest BCUT2D eigenvalue weighted by Gasteiger charge is 2.02. The molecule has 2 nitrogen and oxygen atoms in total. The normalized spacial score (nSPS) is 13.0. The Bertz CT molecular complexity index is 437. The maximum Gasteiger partial charge on any atom is 0.0432 e. The molecule has 3 N–H and O–H groups in total. The Morgan fingerprint density at radius 3 is 2.50 bits per heavy atom. The van der Waals surface area contributed by atoms with E-state index in [4.69, 9.17) is 5.84 Å². The lowest BCUT2D eigenvalue weighted by molar-refractivity contribution is 0.603. The highest BCUT2D eigenvalue weighted by atomic mass is 15.2. The van der Waals surface area contributed by atoms with Crippen molar-refractivity contribution in [2.45, 2.75) is 13.0 Å². The van der Waals surface area contributed by atoms with Crippen LogP contribution in [0.2, 0.25) is 0 Å². The first-order chi connectivity index (χ1) is 6.81. The molecule has 0 aromatic heterocycles. The van der Waals surface area contributed by atoms with Gasteiger partial charge in [-0.05, 0) is 29.3 Å². The Morgan fingerprint density at radius 2 is 1.79 bits per heavy atom. The Kier molecular flexibility index (Phi) is 2.48. The molecule has 1 atom stereocenters. The van der Waals surface area contributed by atoms with Crippen molar-refractivity contribution in [1.29, 1.82) is 0 Å². The van der Waals surface area contributed by atoms with Gasteiger partial charge in [-0.25, -0.2) is 0 Å². The van der Waals surface area contributed by atoms with Crippen LogP contribution in [0.3, 0.4) is 0 Å². The number of hydrogen-bond donors (Lipinski definition) is 2. The molecule has 14 heavy (non-hydrogen) atoms. The van der Waals surface area contributed by atoms with Gasteiger partial charge < -0.3 is 0 Å². The van der Waals surface area contributed by atoms with Gasteiger partial charge in [0.25, 0.3) is 0 Å². The van der Waals surface area contributed by atoms with Gasteiger partial charge in [0.05, 0.1) is 0 Å². The number of hydrogen-bond acceptors (Lipinski definition) is 2. The summed E-state index contributed by atoms with van der Waals surface area (Å²) >= 11 is 0. The molecule has 0 heterocycles. The van der Waals surface area contributed by atoms with E-state index < -0.39 is 0 Å². The van der Waals surface area contributed by atoms with Crippen molar-refractivity contribution in [2.24, 2.45) is 5.84 Å². The molecule has 0 unspecified atom stereocenters. The van der Waals surface area contributed by atoms with E-state index in [0.29, 0.717) is 0 Å². The lowest BCUT2D eigenvalue weighted by Gasteiger charge is -2.10. The average molecular weight is 186 g/mol. The van der Waals surface area contributed by atoms with Gasteiger partial charge in [0.15, 0.2) is 0 Å². The zero-order valence-corrected chi connectivity index (χ0v) is 8.20. The third-order valence-electron chi connectivity index (χ3n) is 2.52. The Balaban J connectivity index is 2.51. The topological polar surface area (TPSA) is 38.0 Å². The van der Waals surface area contributed by atoms with Crippen molar-refractivity contribution in [2.75, 3.05) is 0 Å². The number of hydrazine groups is 1. The molecule has 2 aromatic carbocycles. The largest absolute Gasteiger partial charge is 0.271 e. The number of benzene rings is 2. The fourth-order valence-corrected chi connectivity index (χ4v) is 1.57. The number of rotatable bonds is 2. The van der Waals surface area contributed by atoms with E-state index in [9.17, 15) is 0 Å². The predicted molar refractivity (Wildman–Crippen MR) is 59.7 cm³/mol. The summed E-state index contributed by atoms with van der Waals surface area (Å²) in [6.07, 6.45) is 0. The SMILES string of the molecule is C[C@@H](NN)c1ccc2ccccc2c1. The van der Waals surface area contributed by atoms with Crippen LogP contribution >= 0.6 is 0 Å². The third kappa shape index (κ3) is 1.62. The third-order valence-corrected chi connectivity index (χ3v) is 2.52. The average Bonchev–Trinajstić information content (AvgIpc) is 2.27. The van der Waals surface area contributed by atoms with Crippen LogP contribution in [0, 0.1) is 0 Å². The van der Waals surface area contributed by atoms with Crippen LogP contribution in [0.5, 0.6) is 0 Å². The van der Waals surface area contributed by atoms with Gasteiger partial charge >= 0.3 is 0 Å². The highest BCUT2D eigenvalue weighted by molar-refractivity contribution is 5.83. The zero-order valence-electron chi connectivity index (χ0n) is 8.20. The van der Waals surface area contributed by atoms with Crippen LogP contribution in [-0.4, -0.2) is 0 Å². The summed E-state index contributed by atoms with van der Waals surface area (Å²) in [6, 6.07) is 14.9. The quantitative estimate of drug-likeness (QED) is 0.558. The molecule has 2 aromatic rings. The van der Waals surface area contributed by atoms with Crippen LogP contribution in [0.1, 0.15) is 18.5 Å². The number of nitrogens with one attached hydrogen (secondary N) is 1. The maximum atomic E-state index is 5.40. The second-order valence-electron chi connectivity index (χ2n) is 3.49. The summed E-state index contributed by atoms with van der Waals surface area (Å²) in [5, 5.41) is 2.52. The van der Waals surface area contributed by atoms with Crippen molar-refractivity contribution in [3.8, 4) is 0 Å². The van der Waals surface area contributed by atoms with E-state index in [1.807, 2.05) is 19.1 Å². The Labute approximate surface area is 83.7 Å². The van der Waals surface area contributed by atoms with Crippen molar-refractivity contribution in [3.05, 3.63) is 48.0 Å². The molecule has 0 fully saturated rings. The fraction of sp³-hybridized carbons (Fsp3) is 0.167. The van der Waals surface area contributed by atoms with Crippen molar-refractivity contribution < 1.29 is 0 Å². The molecule has 0 bridgehead atoms. The van der Waals surface area contributed by atoms with Crippen LogP contribution in [0.25, 0.3) is 10.8 Å². The van der Waals surface area contributed by atoms with E-state index in [0.717, 1.165) is 0 Å². The minimum atomic E-state index is 0.194. The molecule has 0 radical (unpaired) electrons. The van der Waals surface area contributed by atoms with Crippen molar-refractivity contribution in [3.63, 3.8) is 0 Å². The molecule has 0 amide bonds. The van der Waals surface area contributed by atoms with Gasteiger partial charge in [-0.15, -0.1) is 0 Å². The van der Waals surface area contributed by atoms with Crippen molar-refractivity contribution >= 4 is 10.8 Å². The predicted octanol–water partition coefficient (Wildman–Crippen LogP) is 2.36. The molecule has 0 aliphatic carbocycles. The number of nitrogens with two attached hydrogens (primary N) is 1. The minimum absolute atomic E-state index is 0.194. The van der Waals surface area contributed by atoms with Gasteiger partial charge in [-0.1, -0.05) is 36.4 Å². The molecular formula is C12H14N2. The fourth-order valence-electron chi connectivity index (χ4n) is 1.57. The molecule has 0 aliphatic heterocycles. The zero-order chi connectivity index (χ0) is 9.97. The van der Waals surface area contributed by atoms with E-state index in [1.54, 1.807) is 0 Å². The van der Waals surface area contributed by atoms with E-state index in [-0.39, 0.29) is 6.04 Å². The first-order valence-electron chi connectivity index (χ1n) is 4.76. The molecule has 2 heteroatoms. The summed E-state index contributed by atoms with van der Waals surface area (Å²) in [4.78, 5) is 0. The standard InChI is InChI=1S/C12H14N2/c1-9(14-13)11-7-6-10-4-2-3-5-12(10)8-11/h2-9,14H,13H2,1H3/t9-/m1/s1. The smallest absolute Gasteiger partial charge is 0.0432 e. The van der Waals surface area contributed by atoms with Crippen molar-refractivity contribution in [1.82, 2.24) is 5.43 Å². The number of fused-ring (bicyclic) bond motifs is 1. The highest BCUT2D eigenvalue weighted by Crippen LogP contribution is 2.19. The summed E-state index contributed by atoms with van der Waals surface area (Å²) in [6.45, 7) is 2.05. The molecule has 0 aliphatic rings. The van der Waals surface area contributed by atoms with Gasteiger partial charge in [0.1, 0.15) is 0 Å². The van der Waals surface area contributed by atoms with E-state index >= 15 is 0 Å².